The zero-order valence-electron chi connectivity index (χ0n) is 21.5. The molecule has 8 nitrogen and oxygen atoms in total. The Morgan fingerprint density at radius 2 is 2.14 bits per heavy atom. The van der Waals surface area contributed by atoms with Gasteiger partial charge in [0.25, 0.3) is 5.56 Å². The van der Waals surface area contributed by atoms with E-state index in [1.165, 1.54) is 25.5 Å². The number of methoxy groups -OCH3 is 1. The molecule has 37 heavy (non-hydrogen) atoms. The predicted octanol–water partition coefficient (Wildman–Crippen LogP) is 3.04. The second kappa shape index (κ2) is 8.08. The zero-order valence-corrected chi connectivity index (χ0v) is 21.5. The van der Waals surface area contributed by atoms with E-state index in [9.17, 15) is 14.7 Å². The largest absolute Gasteiger partial charge is 0.490 e. The predicted molar refractivity (Wildman–Crippen MR) is 135 cm³/mol. The number of carbonyl (C=O) groups excluding carboxylic acids is 1. The number of esters is 1. The number of aromatic nitrogens is 1. The van der Waals surface area contributed by atoms with Crippen molar-refractivity contribution in [2.24, 2.45) is 5.92 Å². The molecule has 1 spiro atoms. The Morgan fingerprint density at radius 1 is 1.30 bits per heavy atom. The number of rotatable bonds is 7. The van der Waals surface area contributed by atoms with Crippen molar-refractivity contribution in [2.75, 3.05) is 26.8 Å². The lowest BCUT2D eigenvalue weighted by molar-refractivity contribution is -0.173. The van der Waals surface area contributed by atoms with Gasteiger partial charge in [0.2, 0.25) is 0 Å². The molecule has 7 rings (SSSR count). The van der Waals surface area contributed by atoms with Crippen molar-refractivity contribution >= 4 is 5.97 Å². The highest BCUT2D eigenvalue weighted by Gasteiger charge is 2.72. The minimum Gasteiger partial charge on any atom is -0.490 e. The molecule has 3 aliphatic carbocycles. The van der Waals surface area contributed by atoms with Crippen LogP contribution >= 0.6 is 0 Å². The summed E-state index contributed by atoms with van der Waals surface area (Å²) in [6.45, 7) is 4.61. The molecule has 4 atom stereocenters. The molecule has 1 aromatic carbocycles. The highest BCUT2D eigenvalue weighted by Crippen LogP contribution is 2.68. The Morgan fingerprint density at radius 3 is 2.89 bits per heavy atom. The fourth-order valence-corrected chi connectivity index (χ4v) is 7.62. The minimum atomic E-state index is -1.11. The van der Waals surface area contributed by atoms with Gasteiger partial charge < -0.3 is 24.3 Å². The quantitative estimate of drug-likeness (QED) is 0.440. The number of carbonyl (C=O) groups is 1. The summed E-state index contributed by atoms with van der Waals surface area (Å²) >= 11 is 0. The standard InChI is InChI=1S/C29H34N2O6/c1-3-4-11-36-20-8-7-17-13-21-29(34)14-18-12-19(27(33)35-2)26(32)30-23(18)25-28(29,22(17)24(20)37-25)9-10-31(21)15-16-5-6-16/h7-8,12,16,21,25,34H,3-6,9-11,13-15H2,1-2H3,(H,30,32)/t21-,25+,28+,29-/m1/s1. The summed E-state index contributed by atoms with van der Waals surface area (Å²) in [4.78, 5) is 30.8. The van der Waals surface area contributed by atoms with Crippen molar-refractivity contribution in [2.45, 2.75) is 75.0 Å². The molecule has 8 heteroatoms. The number of nitrogens with zero attached hydrogens (tertiary/aromatic N) is 1. The van der Waals surface area contributed by atoms with Crippen molar-refractivity contribution in [1.29, 1.82) is 0 Å². The third-order valence-electron chi connectivity index (χ3n) is 9.54. The monoisotopic (exact) mass is 506 g/mol. The van der Waals surface area contributed by atoms with Crippen molar-refractivity contribution < 1.29 is 24.1 Å². The molecule has 0 amide bonds. The van der Waals surface area contributed by atoms with E-state index in [2.05, 4.69) is 22.9 Å². The van der Waals surface area contributed by atoms with E-state index in [0.29, 0.717) is 36.1 Å². The number of piperidine rings is 1. The van der Waals surface area contributed by atoms with Crippen LogP contribution in [0.2, 0.25) is 0 Å². The Bertz CT molecular complexity index is 1350. The van der Waals surface area contributed by atoms with Crippen LogP contribution in [0.3, 0.4) is 0 Å². The number of benzene rings is 1. The first-order valence-electron chi connectivity index (χ1n) is 13.7. The maximum absolute atomic E-state index is 13.0. The van der Waals surface area contributed by atoms with Gasteiger partial charge in [0, 0.05) is 24.6 Å². The number of hydrogen-bond acceptors (Lipinski definition) is 7. The van der Waals surface area contributed by atoms with E-state index in [1.54, 1.807) is 6.07 Å². The normalized spacial score (nSPS) is 30.8. The third kappa shape index (κ3) is 3.08. The lowest BCUT2D eigenvalue weighted by Gasteiger charge is -2.63. The SMILES string of the molecule is CCCCOc1ccc2c3c1O[C@H]1c4[nH]c(=O)c(C(=O)OC)cc4C[C@@]4(O)[C@@H](C2)N(CC2CC2)CC[C@]314. The van der Waals surface area contributed by atoms with Gasteiger partial charge in [0.15, 0.2) is 17.6 Å². The number of hydrogen-bond donors (Lipinski definition) is 2. The van der Waals surface area contributed by atoms with Crippen molar-refractivity contribution in [3.8, 4) is 11.5 Å². The molecule has 0 radical (unpaired) electrons. The summed E-state index contributed by atoms with van der Waals surface area (Å²) in [6.07, 6.45) is 5.74. The van der Waals surface area contributed by atoms with Crippen LogP contribution in [0.1, 0.15) is 77.9 Å². The lowest BCUT2D eigenvalue weighted by Crippen LogP contribution is -2.74. The van der Waals surface area contributed by atoms with Crippen molar-refractivity contribution in [3.63, 3.8) is 0 Å². The van der Waals surface area contributed by atoms with E-state index >= 15 is 0 Å². The summed E-state index contributed by atoms with van der Waals surface area (Å²) in [6, 6.07) is 5.69. The van der Waals surface area contributed by atoms with Gasteiger partial charge >= 0.3 is 5.97 Å². The van der Waals surface area contributed by atoms with Gasteiger partial charge in [0.05, 0.1) is 30.4 Å². The van der Waals surface area contributed by atoms with Crippen LogP contribution in [-0.4, -0.2) is 59.4 Å². The highest BCUT2D eigenvalue weighted by molar-refractivity contribution is 5.89. The topological polar surface area (TPSA) is 101 Å². The molecule has 5 aliphatic rings. The summed E-state index contributed by atoms with van der Waals surface area (Å²) < 4.78 is 17.8. The Kier molecular flexibility index (Phi) is 5.08. The van der Waals surface area contributed by atoms with E-state index in [1.807, 2.05) is 6.07 Å². The molecule has 2 fully saturated rings. The van der Waals surface area contributed by atoms with Gasteiger partial charge in [-0.25, -0.2) is 4.79 Å². The molecule has 0 unspecified atom stereocenters. The molecule has 196 valence electrons. The van der Waals surface area contributed by atoms with E-state index in [4.69, 9.17) is 14.2 Å². The van der Waals surface area contributed by atoms with Crippen molar-refractivity contribution in [1.82, 2.24) is 9.88 Å². The van der Waals surface area contributed by atoms with E-state index in [-0.39, 0.29) is 11.6 Å². The smallest absolute Gasteiger partial charge is 0.343 e. The molecule has 2 N–H and O–H groups in total. The lowest BCUT2D eigenvalue weighted by atomic mass is 9.49. The molecule has 2 aliphatic heterocycles. The Balaban J connectivity index is 1.42. The van der Waals surface area contributed by atoms with Crippen LogP contribution < -0.4 is 15.0 Å². The fourth-order valence-electron chi connectivity index (χ4n) is 7.62. The third-order valence-corrected chi connectivity index (χ3v) is 9.54. The molecule has 2 aromatic rings. The second-order valence-electron chi connectivity index (χ2n) is 11.6. The van der Waals surface area contributed by atoms with Gasteiger partial charge in [-0.2, -0.15) is 0 Å². The van der Waals surface area contributed by atoms with Crippen LogP contribution in [0.25, 0.3) is 0 Å². The summed E-state index contributed by atoms with van der Waals surface area (Å²) in [7, 11) is 1.27. The highest BCUT2D eigenvalue weighted by atomic mass is 16.5. The zero-order chi connectivity index (χ0) is 25.5. The van der Waals surface area contributed by atoms with Gasteiger partial charge in [-0.1, -0.05) is 19.4 Å². The van der Waals surface area contributed by atoms with Gasteiger partial charge in [-0.3, -0.25) is 9.69 Å². The van der Waals surface area contributed by atoms with E-state index < -0.39 is 28.6 Å². The average molecular weight is 507 g/mol. The molecule has 2 bridgehead atoms. The number of fused-ring (bicyclic) bond motifs is 2. The Hall–Kier alpha value is -2.84. The summed E-state index contributed by atoms with van der Waals surface area (Å²) in [5.41, 5.74) is 1.32. The Labute approximate surface area is 215 Å². The van der Waals surface area contributed by atoms with Gasteiger partial charge in [-0.05, 0) is 67.8 Å². The summed E-state index contributed by atoms with van der Waals surface area (Å²) in [5, 5.41) is 12.9. The molecular weight excluding hydrogens is 472 g/mol. The fraction of sp³-hybridized carbons (Fsp3) is 0.586. The maximum Gasteiger partial charge on any atom is 0.343 e. The second-order valence-corrected chi connectivity index (χ2v) is 11.6. The van der Waals surface area contributed by atoms with Crippen LogP contribution in [0.4, 0.5) is 0 Å². The number of aromatic amines is 1. The first kappa shape index (κ1) is 23.3. The van der Waals surface area contributed by atoms with Crippen LogP contribution in [0.15, 0.2) is 23.0 Å². The van der Waals surface area contributed by atoms with Crippen LogP contribution in [0.5, 0.6) is 11.5 Å². The number of pyridine rings is 1. The number of ether oxygens (including phenoxy) is 3. The number of nitrogens with one attached hydrogen (secondary N) is 1. The van der Waals surface area contributed by atoms with Gasteiger partial charge in [0.1, 0.15) is 5.56 Å². The molecule has 1 saturated heterocycles. The van der Waals surface area contributed by atoms with Crippen molar-refractivity contribution in [3.05, 3.63) is 56.5 Å². The average Bonchev–Trinajstić information content (AvgIpc) is 3.63. The maximum atomic E-state index is 13.0. The van der Waals surface area contributed by atoms with Crippen LogP contribution in [0, 0.1) is 5.92 Å². The number of unbranched alkanes of at least 4 members (excludes halogenated alkanes) is 1. The number of aliphatic hydroxyl groups is 1. The molecule has 3 heterocycles. The minimum absolute atomic E-state index is 0.0450. The van der Waals surface area contributed by atoms with E-state index in [0.717, 1.165) is 49.9 Å². The number of H-pyrrole nitrogens is 1. The summed E-state index contributed by atoms with van der Waals surface area (Å²) in [5.74, 6) is 1.43. The van der Waals surface area contributed by atoms with Crippen LogP contribution in [-0.2, 0) is 23.0 Å². The molecular formula is C29H34N2O6. The first-order chi connectivity index (χ1) is 17.9. The molecule has 1 saturated carbocycles. The molecule has 1 aromatic heterocycles. The van der Waals surface area contributed by atoms with Gasteiger partial charge in [-0.15, -0.1) is 0 Å². The number of likely N-dealkylation sites (tertiary alicyclic amines) is 1. The first-order valence-corrected chi connectivity index (χ1v) is 13.7.